The van der Waals surface area contributed by atoms with Crippen molar-refractivity contribution in [3.8, 4) is 17.2 Å². The first kappa shape index (κ1) is 29.3. The number of benzene rings is 2. The molecule has 0 amide bonds. The highest BCUT2D eigenvalue weighted by molar-refractivity contribution is 5.35. The fraction of sp³-hybridized carbons (Fsp3) is 0.562. The Hall–Kier alpha value is -2.70. The van der Waals surface area contributed by atoms with E-state index in [0.717, 1.165) is 75.0 Å². The van der Waals surface area contributed by atoms with Gasteiger partial charge in [-0.2, -0.15) is 17.6 Å². The summed E-state index contributed by atoms with van der Waals surface area (Å²) in [4.78, 5) is 0. The number of hydrogen-bond acceptors (Lipinski definition) is 3. The summed E-state index contributed by atoms with van der Waals surface area (Å²) in [7, 11) is 0. The van der Waals surface area contributed by atoms with Crippen LogP contribution in [-0.2, 0) is 0 Å². The van der Waals surface area contributed by atoms with E-state index in [0.29, 0.717) is 11.8 Å². The minimum atomic E-state index is -3.87. The van der Waals surface area contributed by atoms with Gasteiger partial charge in [-0.3, -0.25) is 0 Å². The monoisotopic (exact) mass is 548 g/mol. The van der Waals surface area contributed by atoms with Gasteiger partial charge in [0.1, 0.15) is 5.75 Å². The Morgan fingerprint density at radius 2 is 1.44 bits per heavy atom. The zero-order valence-corrected chi connectivity index (χ0v) is 22.8. The maximum absolute atomic E-state index is 14.6. The first-order valence-corrected chi connectivity index (χ1v) is 14.3. The SMILES string of the molecule is C=CC1CCC(c2ccc(OCC(F)(F)Oc3ccc(OCC4CCC(CCC)CC4)c(F)c3F)cc2)CC1. The van der Waals surface area contributed by atoms with E-state index in [1.165, 1.54) is 12.8 Å². The second-order valence-electron chi connectivity index (χ2n) is 11.1. The fourth-order valence-corrected chi connectivity index (χ4v) is 5.89. The van der Waals surface area contributed by atoms with Gasteiger partial charge in [0.05, 0.1) is 6.61 Å². The van der Waals surface area contributed by atoms with Gasteiger partial charge in [0.25, 0.3) is 0 Å². The average Bonchev–Trinajstić information content (AvgIpc) is 2.95. The molecule has 2 saturated carbocycles. The van der Waals surface area contributed by atoms with Crippen LogP contribution in [0.3, 0.4) is 0 Å². The molecule has 0 radical (unpaired) electrons. The van der Waals surface area contributed by atoms with Crippen molar-refractivity contribution < 1.29 is 31.8 Å². The van der Waals surface area contributed by atoms with Crippen LogP contribution in [0.5, 0.6) is 17.2 Å². The Bertz CT molecular complexity index is 1060. The summed E-state index contributed by atoms with van der Waals surface area (Å²) in [6.07, 6.45) is 9.06. The Kier molecular flexibility index (Phi) is 10.2. The number of alkyl halides is 2. The quantitative estimate of drug-likeness (QED) is 0.195. The third-order valence-corrected chi connectivity index (χ3v) is 8.27. The van der Waals surface area contributed by atoms with Crippen LogP contribution in [0, 0.1) is 29.4 Å². The van der Waals surface area contributed by atoms with Gasteiger partial charge in [-0.15, -0.1) is 6.58 Å². The standard InChI is InChI=1S/C32H40F4O3/c1-3-5-23-6-8-24(9-7-23)20-37-28-18-19-29(31(34)30(28)33)39-32(35,36)21-38-27-16-14-26(15-17-27)25-12-10-22(4-2)11-13-25/h4,14-19,22-25H,2-3,5-13,20-21H2,1H3. The van der Waals surface area contributed by atoms with Crippen LogP contribution >= 0.6 is 0 Å². The van der Waals surface area contributed by atoms with Crippen molar-refractivity contribution >= 4 is 0 Å². The summed E-state index contributed by atoms with van der Waals surface area (Å²) in [5.74, 6) is -1.77. The smallest absolute Gasteiger partial charge is 0.433 e. The molecule has 0 unspecified atom stereocenters. The van der Waals surface area contributed by atoms with Gasteiger partial charge in [0.15, 0.2) is 18.1 Å². The van der Waals surface area contributed by atoms with Crippen molar-refractivity contribution in [1.82, 2.24) is 0 Å². The van der Waals surface area contributed by atoms with Crippen LogP contribution in [0.1, 0.15) is 82.6 Å². The molecule has 214 valence electrons. The predicted octanol–water partition coefficient (Wildman–Crippen LogP) is 9.46. The van der Waals surface area contributed by atoms with Crippen molar-refractivity contribution in [2.75, 3.05) is 13.2 Å². The average molecular weight is 549 g/mol. The second-order valence-corrected chi connectivity index (χ2v) is 11.1. The van der Waals surface area contributed by atoms with Crippen molar-refractivity contribution in [2.45, 2.75) is 83.2 Å². The van der Waals surface area contributed by atoms with Crippen LogP contribution in [0.25, 0.3) is 0 Å². The summed E-state index contributed by atoms with van der Waals surface area (Å²) in [5, 5.41) is 0. The number of ether oxygens (including phenoxy) is 3. The van der Waals surface area contributed by atoms with Crippen molar-refractivity contribution in [1.29, 1.82) is 0 Å². The van der Waals surface area contributed by atoms with Gasteiger partial charge in [-0.25, -0.2) is 0 Å². The maximum Gasteiger partial charge on any atom is 0.433 e. The summed E-state index contributed by atoms with van der Waals surface area (Å²) < 4.78 is 73.3. The molecule has 0 N–H and O–H groups in total. The highest BCUT2D eigenvalue weighted by Crippen LogP contribution is 2.37. The molecule has 2 aliphatic carbocycles. The molecule has 0 saturated heterocycles. The molecule has 0 aromatic heterocycles. The predicted molar refractivity (Wildman–Crippen MR) is 145 cm³/mol. The van der Waals surface area contributed by atoms with Crippen LogP contribution < -0.4 is 14.2 Å². The zero-order valence-electron chi connectivity index (χ0n) is 22.8. The van der Waals surface area contributed by atoms with E-state index < -0.39 is 30.1 Å². The molecule has 3 nitrogen and oxygen atoms in total. The molecule has 2 aliphatic rings. The van der Waals surface area contributed by atoms with Gasteiger partial charge in [0.2, 0.25) is 11.6 Å². The van der Waals surface area contributed by atoms with Gasteiger partial charge in [-0.05, 0) is 92.0 Å². The lowest BCUT2D eigenvalue weighted by atomic mass is 9.79. The van der Waals surface area contributed by atoms with E-state index in [4.69, 9.17) is 9.47 Å². The molecule has 0 bridgehead atoms. The molecule has 2 fully saturated rings. The van der Waals surface area contributed by atoms with Gasteiger partial charge < -0.3 is 14.2 Å². The van der Waals surface area contributed by atoms with E-state index in [1.807, 2.05) is 18.2 Å². The highest BCUT2D eigenvalue weighted by atomic mass is 19.3. The highest BCUT2D eigenvalue weighted by Gasteiger charge is 2.35. The van der Waals surface area contributed by atoms with Crippen LogP contribution in [0.2, 0.25) is 0 Å². The van der Waals surface area contributed by atoms with E-state index in [9.17, 15) is 17.6 Å². The normalized spacial score (nSPS) is 23.7. The van der Waals surface area contributed by atoms with Crippen molar-refractivity contribution in [3.63, 3.8) is 0 Å². The van der Waals surface area contributed by atoms with Crippen LogP contribution in [0.15, 0.2) is 49.1 Å². The van der Waals surface area contributed by atoms with Gasteiger partial charge in [-0.1, -0.05) is 50.8 Å². The lowest BCUT2D eigenvalue weighted by Gasteiger charge is -2.28. The molecule has 39 heavy (non-hydrogen) atoms. The molecule has 7 heteroatoms. The topological polar surface area (TPSA) is 27.7 Å². The Balaban J connectivity index is 1.26. The number of allylic oxidation sites excluding steroid dienone is 1. The summed E-state index contributed by atoms with van der Waals surface area (Å²) >= 11 is 0. The molecule has 0 spiro atoms. The lowest BCUT2D eigenvalue weighted by Crippen LogP contribution is -2.33. The van der Waals surface area contributed by atoms with Crippen LogP contribution in [-0.4, -0.2) is 19.3 Å². The number of rotatable bonds is 12. The molecule has 0 aliphatic heterocycles. The van der Waals surface area contributed by atoms with E-state index in [1.54, 1.807) is 12.1 Å². The first-order valence-electron chi connectivity index (χ1n) is 14.3. The third-order valence-electron chi connectivity index (χ3n) is 8.27. The summed E-state index contributed by atoms with van der Waals surface area (Å²) in [6.45, 7) is 5.18. The molecule has 2 aromatic carbocycles. The maximum atomic E-state index is 14.6. The fourth-order valence-electron chi connectivity index (χ4n) is 5.89. The van der Waals surface area contributed by atoms with Gasteiger partial charge in [0, 0.05) is 0 Å². The second kappa shape index (κ2) is 13.6. The van der Waals surface area contributed by atoms with Crippen LogP contribution in [0.4, 0.5) is 17.6 Å². The molecular weight excluding hydrogens is 508 g/mol. The molecule has 4 rings (SSSR count). The minimum absolute atomic E-state index is 0.251. The van der Waals surface area contributed by atoms with E-state index in [-0.39, 0.29) is 24.0 Å². The Morgan fingerprint density at radius 3 is 2.08 bits per heavy atom. The Morgan fingerprint density at radius 1 is 0.821 bits per heavy atom. The molecule has 0 heterocycles. The molecular formula is C32H40F4O3. The Labute approximate surface area is 229 Å². The lowest BCUT2D eigenvalue weighted by molar-refractivity contribution is -0.196. The molecule has 0 atom stereocenters. The largest absolute Gasteiger partial charge is 0.490 e. The van der Waals surface area contributed by atoms with Gasteiger partial charge >= 0.3 is 6.11 Å². The van der Waals surface area contributed by atoms with E-state index >= 15 is 0 Å². The van der Waals surface area contributed by atoms with Crippen molar-refractivity contribution in [3.05, 3.63) is 66.3 Å². The summed E-state index contributed by atoms with van der Waals surface area (Å²) in [5.41, 5.74) is 1.15. The van der Waals surface area contributed by atoms with E-state index in [2.05, 4.69) is 18.2 Å². The van der Waals surface area contributed by atoms with Crippen molar-refractivity contribution in [2.24, 2.45) is 17.8 Å². The number of halogens is 4. The zero-order chi connectivity index (χ0) is 27.8. The summed E-state index contributed by atoms with van der Waals surface area (Å²) in [6, 6.07) is 9.17. The first-order chi connectivity index (χ1) is 18.8. The molecule has 2 aromatic rings. The third kappa shape index (κ3) is 8.15. The minimum Gasteiger partial charge on any atom is -0.490 e. The number of hydrogen-bond donors (Lipinski definition) is 0.